The van der Waals surface area contributed by atoms with Crippen molar-refractivity contribution < 1.29 is 29.4 Å². The molecule has 0 aliphatic rings. The first-order valence-corrected chi connectivity index (χ1v) is 20.6. The maximum atomic E-state index is 14.0. The molecule has 43 heavy (non-hydrogen) atoms. The second-order valence-corrected chi connectivity index (χ2v) is 21.8. The number of carbonyl (C=O) groups is 4. The third-order valence-corrected chi connectivity index (χ3v) is 12.6. The van der Waals surface area contributed by atoms with E-state index < -0.39 is 54.4 Å². The quantitative estimate of drug-likeness (QED) is 0.0799. The Morgan fingerprint density at radius 3 is 1.72 bits per heavy atom. The minimum Gasteiger partial charge on any atom is -0.507 e. The van der Waals surface area contributed by atoms with Crippen molar-refractivity contribution in [3.05, 3.63) is 54.1 Å². The van der Waals surface area contributed by atoms with E-state index in [0.717, 1.165) is 12.2 Å². The number of carboxylic acid groups (broad SMARTS) is 1. The molecule has 1 aromatic carbocycles. The van der Waals surface area contributed by atoms with Crippen molar-refractivity contribution in [3.63, 3.8) is 0 Å². The second kappa shape index (κ2) is 16.2. The predicted octanol–water partition coefficient (Wildman–Crippen LogP) is 5.49. The number of hydrogen-bond donors (Lipinski definition) is 5. The van der Waals surface area contributed by atoms with Crippen LogP contribution in [0, 0.1) is 16.7 Å². The monoisotopic (exact) mass is 825 g/mol. The van der Waals surface area contributed by atoms with Crippen LogP contribution in [-0.4, -0.2) is 51.1 Å². The Labute approximate surface area is 277 Å². The van der Waals surface area contributed by atoms with E-state index in [1.54, 1.807) is 12.1 Å². The van der Waals surface area contributed by atoms with Crippen molar-refractivity contribution in [1.29, 1.82) is 0 Å². The van der Waals surface area contributed by atoms with E-state index in [4.69, 9.17) is 0 Å². The Kier molecular flexibility index (Phi) is 14.7. The third-order valence-electron chi connectivity index (χ3n) is 8.18. The van der Waals surface area contributed by atoms with Gasteiger partial charge in [-0.05, 0) is 12.2 Å². The van der Waals surface area contributed by atoms with Crippen LogP contribution >= 0.6 is 42.4 Å². The summed E-state index contributed by atoms with van der Waals surface area (Å²) in [4.78, 5) is 53.8. The number of rotatable bonds is 17. The van der Waals surface area contributed by atoms with E-state index >= 15 is 0 Å². The molecule has 0 saturated carbocycles. The van der Waals surface area contributed by atoms with Crippen molar-refractivity contribution in [2.75, 3.05) is 9.86 Å². The number of carbonyl (C=O) groups excluding carboxylic acids is 3. The van der Waals surface area contributed by atoms with Gasteiger partial charge in [-0.15, -0.1) is 0 Å². The first-order chi connectivity index (χ1) is 19.7. The number of halogens is 2. The zero-order valence-corrected chi connectivity index (χ0v) is 31.0. The van der Waals surface area contributed by atoms with Crippen molar-refractivity contribution in [3.8, 4) is 5.75 Å². The van der Waals surface area contributed by atoms with Crippen LogP contribution in [0.4, 0.5) is 0 Å². The predicted molar refractivity (Wildman–Crippen MR) is 190 cm³/mol. The number of aliphatic carboxylic acids is 1. The Balaban J connectivity index is 3.40. The number of nitrogens with one attached hydrogen (secondary N) is 3. The summed E-state index contributed by atoms with van der Waals surface area (Å²) in [7, 11) is 0. The molecule has 3 amide bonds. The Bertz CT molecular complexity index is 1160. The molecule has 2 unspecified atom stereocenters. The van der Waals surface area contributed by atoms with Crippen molar-refractivity contribution in [2.45, 2.75) is 81.4 Å². The van der Waals surface area contributed by atoms with Gasteiger partial charge in [-0.25, -0.2) is 0 Å². The molecule has 0 saturated heterocycles. The number of phenolic OH excluding ortho intramolecular Hbond substituents is 1. The van der Waals surface area contributed by atoms with Crippen LogP contribution in [0.3, 0.4) is 0 Å². The molecule has 1 rings (SSSR count). The summed E-state index contributed by atoms with van der Waals surface area (Å²) in [5, 5.41) is 29.2. The molecule has 1 aromatic rings. The Hall–Kier alpha value is -2.16. The van der Waals surface area contributed by atoms with Crippen LogP contribution in [-0.2, 0) is 38.8 Å². The minimum absolute atomic E-state index is 0.0259. The van der Waals surface area contributed by atoms with Gasteiger partial charge in [0.1, 0.15) is 0 Å². The van der Waals surface area contributed by atoms with Crippen LogP contribution in [0.5, 0.6) is 5.75 Å². The minimum atomic E-state index is -1.68. The van der Waals surface area contributed by atoms with Gasteiger partial charge in [-0.2, -0.15) is 0 Å². The molecule has 0 aromatic heterocycles. The number of hydrogen-bond acceptors (Lipinski definition) is 5. The summed E-state index contributed by atoms with van der Waals surface area (Å²) < 4.78 is -0.578. The smallest absolute Gasteiger partial charge is 0.507 e. The molecule has 0 spiro atoms. The molecule has 0 aliphatic carbocycles. The van der Waals surface area contributed by atoms with E-state index in [9.17, 15) is 29.4 Å². The molecule has 0 aliphatic heterocycles. The molecule has 242 valence electrons. The summed E-state index contributed by atoms with van der Waals surface area (Å²) in [6.45, 7) is 19.5. The average Bonchev–Trinajstić information content (AvgIpc) is 2.90. The van der Waals surface area contributed by atoms with Gasteiger partial charge in [0, 0.05) is 0 Å². The number of amides is 3. The van der Waals surface area contributed by atoms with Crippen LogP contribution in [0.1, 0.15) is 71.1 Å². The average molecular weight is 826 g/mol. The summed E-state index contributed by atoms with van der Waals surface area (Å²) >= 11 is 0.668. The van der Waals surface area contributed by atoms with E-state index in [1.165, 1.54) is 0 Å². The van der Waals surface area contributed by atoms with E-state index in [1.807, 2.05) is 0 Å². The zero-order valence-electron chi connectivity index (χ0n) is 26.7. The first-order valence-electron chi connectivity index (χ1n) is 14.0. The van der Waals surface area contributed by atoms with Crippen LogP contribution in [0.15, 0.2) is 37.4 Å². The van der Waals surface area contributed by atoms with Crippen molar-refractivity contribution in [1.82, 2.24) is 16.0 Å². The van der Waals surface area contributed by atoms with Gasteiger partial charge in [0.05, 0.1) is 0 Å². The number of phenols is 1. The van der Waals surface area contributed by atoms with Gasteiger partial charge in [-0.3, -0.25) is 9.59 Å². The standard InChI is InChI=1S/C32H49I2N3O6/c1-11-25(38)35-18-21-13-20(14-22(27(21)40)19-36-26(39)12-2)17-37-28(41)23(15-31(5,6)33)32(7,8)30(3,4)16-24(29(42)43)34(9)10/h11-14,23-24,40H,1-2,15-19H2,3-10H3,(H,35,38)(H,36,39)(H,37,41)(H,42,43). The number of alkyl halides is 4. The van der Waals surface area contributed by atoms with Crippen LogP contribution < -0.4 is 16.0 Å². The third kappa shape index (κ3) is 11.7. The second-order valence-electron chi connectivity index (χ2n) is 12.7. The SMILES string of the molecule is C=CC(=O)NCc1cc(CNC(=O)C(CC(C)(C)I)C(C)(C)C(C)(C)CC(C(=O)O)I(C)C)cc(CNC(=O)C=C)c1O. The Morgan fingerprint density at radius 2 is 1.35 bits per heavy atom. The number of aromatic hydroxyl groups is 1. The molecule has 9 nitrogen and oxygen atoms in total. The fourth-order valence-electron chi connectivity index (χ4n) is 4.80. The summed E-state index contributed by atoms with van der Waals surface area (Å²) in [6.07, 6.45) is 3.34. The number of benzene rings is 1. The number of carboxylic acids is 1. The van der Waals surface area contributed by atoms with Crippen molar-refractivity contribution >= 4 is 66.1 Å². The fraction of sp³-hybridized carbons (Fsp3) is 0.562. The van der Waals surface area contributed by atoms with Gasteiger partial charge < -0.3 is 15.7 Å². The molecular formula is C32H49I2N3O6. The summed E-state index contributed by atoms with van der Waals surface area (Å²) in [5.74, 6) is -2.21. The maximum absolute atomic E-state index is 14.0. The van der Waals surface area contributed by atoms with Gasteiger partial charge in [0.25, 0.3) is 0 Å². The zero-order chi connectivity index (χ0) is 33.3. The van der Waals surface area contributed by atoms with E-state index in [2.05, 4.69) is 103 Å². The molecule has 2 atom stereocenters. The van der Waals surface area contributed by atoms with Gasteiger partial charge >= 0.3 is 217 Å². The summed E-state index contributed by atoms with van der Waals surface area (Å²) in [5.41, 5.74) is 0.532. The molecule has 5 N–H and O–H groups in total. The molecular weight excluding hydrogens is 776 g/mol. The Morgan fingerprint density at radius 1 is 0.884 bits per heavy atom. The van der Waals surface area contributed by atoms with E-state index in [0.29, 0.717) is 29.5 Å². The van der Waals surface area contributed by atoms with Gasteiger partial charge in [0.15, 0.2) is 0 Å². The molecule has 0 fully saturated rings. The van der Waals surface area contributed by atoms with Crippen molar-refractivity contribution in [2.24, 2.45) is 16.7 Å². The van der Waals surface area contributed by atoms with Gasteiger partial charge in [0.2, 0.25) is 11.8 Å². The normalized spacial score (nSPS) is 13.7. The molecule has 0 radical (unpaired) electrons. The molecule has 0 heterocycles. The molecule has 0 bridgehead atoms. The first kappa shape index (κ1) is 38.9. The van der Waals surface area contributed by atoms with Gasteiger partial charge in [-0.1, -0.05) is 13.2 Å². The van der Waals surface area contributed by atoms with Crippen LogP contribution in [0.25, 0.3) is 0 Å². The molecule has 11 heteroatoms. The van der Waals surface area contributed by atoms with Crippen LogP contribution in [0.2, 0.25) is 0 Å². The van der Waals surface area contributed by atoms with E-state index in [-0.39, 0.29) is 38.6 Å². The fourth-order valence-corrected chi connectivity index (χ4v) is 8.28. The topological polar surface area (TPSA) is 145 Å². The summed E-state index contributed by atoms with van der Waals surface area (Å²) in [6, 6.07) is 3.41.